The molecular weight excluding hydrogens is 118 g/mol. The number of esters is 1. The molecule has 0 saturated heterocycles. The Kier molecular flexibility index (Phi) is 3.35. The molecule has 0 spiro atoms. The van der Waals surface area contributed by atoms with Crippen LogP contribution in [0, 0.1) is 0 Å². The summed E-state index contributed by atoms with van der Waals surface area (Å²) < 4.78 is 4.35. The van der Waals surface area contributed by atoms with Gasteiger partial charge in [0.15, 0.2) is 0 Å². The van der Waals surface area contributed by atoms with Crippen LogP contribution < -0.4 is 0 Å². The van der Waals surface area contributed by atoms with Gasteiger partial charge in [-0.2, -0.15) is 0 Å². The highest BCUT2D eigenvalue weighted by molar-refractivity contribution is 5.88. The van der Waals surface area contributed by atoms with Crippen molar-refractivity contribution < 1.29 is 9.53 Å². The number of nitrogens with zero attached hydrogens (tertiary/aromatic N) is 1. The summed E-state index contributed by atoms with van der Waals surface area (Å²) in [6, 6.07) is 0. The van der Waals surface area contributed by atoms with Crippen molar-refractivity contribution in [3.8, 4) is 0 Å². The molecule has 0 heterocycles. The maximum atomic E-state index is 10.5. The van der Waals surface area contributed by atoms with Gasteiger partial charge in [0.2, 0.25) is 0 Å². The summed E-state index contributed by atoms with van der Waals surface area (Å²) in [4.78, 5) is 14.0. The van der Waals surface area contributed by atoms with Crippen LogP contribution in [0.25, 0.3) is 0 Å². The normalized spacial score (nSPS) is 10.7. The van der Waals surface area contributed by atoms with Crippen LogP contribution in [-0.2, 0) is 9.53 Å². The lowest BCUT2D eigenvalue weighted by Gasteiger charge is -1.94. The molecule has 50 valence electrons. The van der Waals surface area contributed by atoms with Crippen LogP contribution in [0.1, 0.15) is 6.92 Å². The van der Waals surface area contributed by atoms with Crippen LogP contribution in [-0.4, -0.2) is 19.8 Å². The zero-order chi connectivity index (χ0) is 7.28. The van der Waals surface area contributed by atoms with E-state index < -0.39 is 5.97 Å². The number of rotatable bonds is 2. The van der Waals surface area contributed by atoms with Crippen molar-refractivity contribution in [2.24, 2.45) is 4.99 Å². The fraction of sp³-hybridized carbons (Fsp3) is 0.333. The van der Waals surface area contributed by atoms with E-state index in [2.05, 4.69) is 16.4 Å². The average Bonchev–Trinajstić information content (AvgIpc) is 1.90. The SMILES string of the molecule is C=NC(=CC)C(=O)OC. The molecule has 3 heteroatoms. The lowest BCUT2D eigenvalue weighted by atomic mass is 10.4. The van der Waals surface area contributed by atoms with E-state index in [1.807, 2.05) is 0 Å². The fourth-order valence-corrected chi connectivity index (χ4v) is 0.378. The summed E-state index contributed by atoms with van der Waals surface area (Å²) in [5.74, 6) is -0.451. The largest absolute Gasteiger partial charge is 0.464 e. The number of ether oxygens (including phenoxy) is 1. The molecule has 0 aromatic heterocycles. The smallest absolute Gasteiger partial charge is 0.356 e. The maximum Gasteiger partial charge on any atom is 0.356 e. The van der Waals surface area contributed by atoms with E-state index in [-0.39, 0.29) is 5.70 Å². The summed E-state index contributed by atoms with van der Waals surface area (Å²) in [5.41, 5.74) is 0.248. The molecule has 0 aliphatic heterocycles. The van der Waals surface area contributed by atoms with E-state index in [0.717, 1.165) is 0 Å². The van der Waals surface area contributed by atoms with Gasteiger partial charge in [0.25, 0.3) is 0 Å². The molecular formula is C6H9NO2. The zero-order valence-corrected chi connectivity index (χ0v) is 5.55. The third-order valence-electron chi connectivity index (χ3n) is 0.838. The molecule has 3 nitrogen and oxygen atoms in total. The first-order valence-electron chi connectivity index (χ1n) is 2.47. The number of aliphatic imine (C=N–C) groups is 1. The van der Waals surface area contributed by atoms with Crippen molar-refractivity contribution in [1.82, 2.24) is 0 Å². The van der Waals surface area contributed by atoms with E-state index in [1.54, 1.807) is 13.0 Å². The first kappa shape index (κ1) is 7.88. The van der Waals surface area contributed by atoms with Gasteiger partial charge in [-0.1, -0.05) is 6.08 Å². The van der Waals surface area contributed by atoms with Crippen molar-refractivity contribution in [3.63, 3.8) is 0 Å². The van der Waals surface area contributed by atoms with Crippen LogP contribution >= 0.6 is 0 Å². The number of hydrogen-bond acceptors (Lipinski definition) is 3. The Balaban J connectivity index is 4.14. The predicted octanol–water partition coefficient (Wildman–Crippen LogP) is 0.764. The standard InChI is InChI=1S/C6H9NO2/c1-4-5(7-2)6(8)9-3/h4H,2H2,1,3H3. The molecule has 0 atom stereocenters. The second kappa shape index (κ2) is 3.83. The monoisotopic (exact) mass is 127 g/mol. The summed E-state index contributed by atoms with van der Waals surface area (Å²) in [6.07, 6.45) is 1.54. The van der Waals surface area contributed by atoms with Gasteiger partial charge in [-0.15, -0.1) is 0 Å². The molecule has 0 aromatic rings. The lowest BCUT2D eigenvalue weighted by molar-refractivity contribution is -0.136. The van der Waals surface area contributed by atoms with Crippen molar-refractivity contribution in [1.29, 1.82) is 0 Å². The number of allylic oxidation sites excluding steroid dienone is 1. The number of carbonyl (C=O) groups excluding carboxylic acids is 1. The zero-order valence-electron chi connectivity index (χ0n) is 5.55. The topological polar surface area (TPSA) is 38.7 Å². The third-order valence-corrected chi connectivity index (χ3v) is 0.838. The second-order valence-electron chi connectivity index (χ2n) is 1.32. The van der Waals surface area contributed by atoms with E-state index >= 15 is 0 Å². The minimum atomic E-state index is -0.451. The molecule has 0 radical (unpaired) electrons. The van der Waals surface area contributed by atoms with Gasteiger partial charge in [-0.3, -0.25) is 4.99 Å². The molecule has 0 bridgehead atoms. The number of methoxy groups -OCH3 is 1. The van der Waals surface area contributed by atoms with Gasteiger partial charge in [-0.25, -0.2) is 4.79 Å². The molecule has 0 unspecified atom stereocenters. The second-order valence-corrected chi connectivity index (χ2v) is 1.32. The molecule has 0 amide bonds. The van der Waals surface area contributed by atoms with Crippen molar-refractivity contribution >= 4 is 12.7 Å². The first-order chi connectivity index (χ1) is 4.26. The van der Waals surface area contributed by atoms with Gasteiger partial charge in [-0.05, 0) is 13.6 Å². The van der Waals surface area contributed by atoms with Gasteiger partial charge in [0.05, 0.1) is 7.11 Å². The highest BCUT2D eigenvalue weighted by Gasteiger charge is 2.02. The third kappa shape index (κ3) is 2.08. The molecule has 0 N–H and O–H groups in total. The van der Waals surface area contributed by atoms with Gasteiger partial charge in [0.1, 0.15) is 5.70 Å². The number of hydrogen-bond donors (Lipinski definition) is 0. The van der Waals surface area contributed by atoms with E-state index in [0.29, 0.717) is 0 Å². The van der Waals surface area contributed by atoms with Crippen molar-refractivity contribution in [2.45, 2.75) is 6.92 Å². The van der Waals surface area contributed by atoms with E-state index in [1.165, 1.54) is 7.11 Å². The van der Waals surface area contributed by atoms with E-state index in [9.17, 15) is 4.79 Å². The first-order valence-corrected chi connectivity index (χ1v) is 2.47. The molecule has 0 saturated carbocycles. The molecule has 0 aliphatic carbocycles. The Hall–Kier alpha value is -1.12. The summed E-state index contributed by atoms with van der Waals surface area (Å²) >= 11 is 0. The minimum absolute atomic E-state index is 0.248. The fourth-order valence-electron chi connectivity index (χ4n) is 0.378. The van der Waals surface area contributed by atoms with Crippen molar-refractivity contribution in [2.75, 3.05) is 7.11 Å². The van der Waals surface area contributed by atoms with Crippen LogP contribution in [0.4, 0.5) is 0 Å². The molecule has 0 rings (SSSR count). The lowest BCUT2D eigenvalue weighted by Crippen LogP contribution is -2.01. The molecule has 9 heavy (non-hydrogen) atoms. The average molecular weight is 127 g/mol. The Morgan fingerprint density at radius 1 is 1.78 bits per heavy atom. The quantitative estimate of drug-likeness (QED) is 0.312. The Bertz CT molecular complexity index is 149. The Morgan fingerprint density at radius 2 is 2.33 bits per heavy atom. The Morgan fingerprint density at radius 3 is 2.44 bits per heavy atom. The molecule has 0 aromatic carbocycles. The predicted molar refractivity (Wildman–Crippen MR) is 35.3 cm³/mol. The molecule has 0 fully saturated rings. The Labute approximate surface area is 54.0 Å². The minimum Gasteiger partial charge on any atom is -0.464 e. The summed E-state index contributed by atoms with van der Waals surface area (Å²) in [7, 11) is 1.30. The summed E-state index contributed by atoms with van der Waals surface area (Å²) in [6.45, 7) is 4.88. The van der Waals surface area contributed by atoms with Gasteiger partial charge >= 0.3 is 5.97 Å². The summed E-state index contributed by atoms with van der Waals surface area (Å²) in [5, 5.41) is 0. The van der Waals surface area contributed by atoms with E-state index in [4.69, 9.17) is 0 Å². The van der Waals surface area contributed by atoms with Gasteiger partial charge in [0, 0.05) is 0 Å². The highest BCUT2D eigenvalue weighted by Crippen LogP contribution is 1.95. The highest BCUT2D eigenvalue weighted by atomic mass is 16.5. The maximum absolute atomic E-state index is 10.5. The van der Waals surface area contributed by atoms with Crippen LogP contribution in [0.3, 0.4) is 0 Å². The number of carbonyl (C=O) groups is 1. The van der Waals surface area contributed by atoms with Crippen LogP contribution in [0.5, 0.6) is 0 Å². The van der Waals surface area contributed by atoms with Gasteiger partial charge < -0.3 is 4.74 Å². The van der Waals surface area contributed by atoms with Crippen molar-refractivity contribution in [3.05, 3.63) is 11.8 Å². The molecule has 0 aliphatic rings. The van der Waals surface area contributed by atoms with Crippen LogP contribution in [0.15, 0.2) is 16.8 Å². The van der Waals surface area contributed by atoms with Crippen LogP contribution in [0.2, 0.25) is 0 Å².